The predicted octanol–water partition coefficient (Wildman–Crippen LogP) is 3.33. The zero-order valence-corrected chi connectivity index (χ0v) is 15.9. The fourth-order valence-electron chi connectivity index (χ4n) is 3.23. The number of aromatic nitrogens is 2. The van der Waals surface area contributed by atoms with Crippen LogP contribution in [0.15, 0.2) is 47.4 Å². The van der Waals surface area contributed by atoms with Crippen molar-refractivity contribution in [2.75, 3.05) is 17.8 Å². The number of fused-ring (bicyclic) bond motifs is 3. The van der Waals surface area contributed by atoms with Gasteiger partial charge in [0.15, 0.2) is 0 Å². The molecule has 2 aromatic carbocycles. The minimum absolute atomic E-state index is 0.171. The van der Waals surface area contributed by atoms with Gasteiger partial charge >= 0.3 is 0 Å². The van der Waals surface area contributed by atoms with Crippen molar-refractivity contribution in [3.05, 3.63) is 53.3 Å². The van der Waals surface area contributed by atoms with E-state index in [1.165, 1.54) is 12.1 Å². The van der Waals surface area contributed by atoms with Gasteiger partial charge in [0.05, 0.1) is 28.2 Å². The van der Waals surface area contributed by atoms with Gasteiger partial charge in [-0.05, 0) is 49.0 Å². The van der Waals surface area contributed by atoms with Crippen LogP contribution in [0, 0.1) is 0 Å². The smallest absolute Gasteiger partial charge is 0.261 e. The molecule has 2 heterocycles. The van der Waals surface area contributed by atoms with Gasteiger partial charge in [0.2, 0.25) is 0 Å². The summed E-state index contributed by atoms with van der Waals surface area (Å²) in [5.74, 6) is 1.02. The number of sulfonamides is 1. The Morgan fingerprint density at radius 1 is 1.15 bits per heavy atom. The quantitative estimate of drug-likeness (QED) is 0.742. The van der Waals surface area contributed by atoms with Crippen LogP contribution >= 0.6 is 11.6 Å². The lowest BCUT2D eigenvalue weighted by Crippen LogP contribution is -2.33. The second-order valence-electron chi connectivity index (χ2n) is 6.31. The number of hydrogen-bond donors (Lipinski definition) is 1. The Morgan fingerprint density at radius 2 is 1.92 bits per heavy atom. The number of imidazole rings is 1. The number of anilines is 1. The second kappa shape index (κ2) is 6.57. The Kier molecular flexibility index (Phi) is 4.38. The van der Waals surface area contributed by atoms with Crippen molar-refractivity contribution in [2.45, 2.75) is 24.9 Å². The molecule has 3 aromatic rings. The molecule has 136 valence electrons. The normalized spacial score (nSPS) is 15.2. The maximum absolute atomic E-state index is 12.5. The maximum atomic E-state index is 12.5. The molecule has 0 saturated heterocycles. The first kappa shape index (κ1) is 17.3. The van der Waals surface area contributed by atoms with E-state index in [1.807, 2.05) is 6.07 Å². The molecule has 0 aliphatic carbocycles. The third-order valence-electron chi connectivity index (χ3n) is 4.66. The Labute approximate surface area is 157 Å². The van der Waals surface area contributed by atoms with E-state index in [0.29, 0.717) is 10.7 Å². The lowest BCUT2D eigenvalue weighted by Gasteiger charge is -2.26. The topological polar surface area (TPSA) is 67.2 Å². The highest BCUT2D eigenvalue weighted by atomic mass is 35.5. The number of nitrogens with zero attached hydrogens (tertiary/aromatic N) is 3. The molecule has 0 radical (unpaired) electrons. The summed E-state index contributed by atoms with van der Waals surface area (Å²) in [6.45, 7) is 5.85. The first-order chi connectivity index (χ1) is 12.5. The van der Waals surface area contributed by atoms with Crippen LogP contribution in [-0.4, -0.2) is 36.0 Å². The maximum Gasteiger partial charge on any atom is 0.261 e. The minimum atomic E-state index is -3.67. The number of rotatable bonds is 4. The summed E-state index contributed by atoms with van der Waals surface area (Å²) < 4.78 is 29.9. The number of nitrogens with one attached hydrogen (secondary N) is 1. The molecule has 0 unspecified atom stereocenters. The lowest BCUT2D eigenvalue weighted by atomic mass is 10.3. The molecule has 0 saturated carbocycles. The van der Waals surface area contributed by atoms with Crippen LogP contribution in [0.4, 0.5) is 5.69 Å². The molecule has 0 atom stereocenters. The fraction of sp³-hybridized carbons (Fsp3) is 0.278. The summed E-state index contributed by atoms with van der Waals surface area (Å²) in [6, 6.07) is 11.6. The first-order valence-electron chi connectivity index (χ1n) is 8.46. The Balaban J connectivity index is 1.65. The zero-order valence-electron chi connectivity index (χ0n) is 14.3. The van der Waals surface area contributed by atoms with Crippen LogP contribution in [0.1, 0.15) is 12.7 Å². The highest BCUT2D eigenvalue weighted by molar-refractivity contribution is 7.92. The van der Waals surface area contributed by atoms with Crippen molar-refractivity contribution < 1.29 is 8.42 Å². The molecule has 6 nitrogen and oxygen atoms in total. The largest absolute Gasteiger partial charge is 0.326 e. The van der Waals surface area contributed by atoms with E-state index in [-0.39, 0.29) is 4.90 Å². The SMILES string of the molecule is CCN1CCn2c(nc3cc(NS(=O)(=O)c4ccc(Cl)cc4)ccc32)C1. The monoisotopic (exact) mass is 390 g/mol. The summed E-state index contributed by atoms with van der Waals surface area (Å²) in [7, 11) is -3.67. The zero-order chi connectivity index (χ0) is 18.3. The van der Waals surface area contributed by atoms with Crippen molar-refractivity contribution >= 4 is 38.3 Å². The van der Waals surface area contributed by atoms with Gasteiger partial charge in [-0.2, -0.15) is 0 Å². The van der Waals surface area contributed by atoms with E-state index < -0.39 is 10.0 Å². The van der Waals surface area contributed by atoms with Gasteiger partial charge < -0.3 is 4.57 Å². The highest BCUT2D eigenvalue weighted by Crippen LogP contribution is 2.25. The number of halogens is 1. The molecule has 1 aliphatic heterocycles. The molecule has 26 heavy (non-hydrogen) atoms. The molecule has 1 aliphatic rings. The van der Waals surface area contributed by atoms with Crippen molar-refractivity contribution in [3.63, 3.8) is 0 Å². The fourth-order valence-corrected chi connectivity index (χ4v) is 4.41. The van der Waals surface area contributed by atoms with Crippen molar-refractivity contribution in [1.82, 2.24) is 14.5 Å². The van der Waals surface area contributed by atoms with E-state index in [9.17, 15) is 8.42 Å². The molecule has 1 aromatic heterocycles. The van der Waals surface area contributed by atoms with E-state index in [2.05, 4.69) is 21.1 Å². The summed E-state index contributed by atoms with van der Waals surface area (Å²) in [5.41, 5.74) is 2.33. The summed E-state index contributed by atoms with van der Waals surface area (Å²) >= 11 is 5.83. The van der Waals surface area contributed by atoms with Gasteiger partial charge in [0, 0.05) is 18.1 Å². The van der Waals surface area contributed by atoms with Crippen LogP contribution in [0.25, 0.3) is 11.0 Å². The highest BCUT2D eigenvalue weighted by Gasteiger charge is 2.20. The number of likely N-dealkylation sites (N-methyl/N-ethyl adjacent to an activating group) is 1. The Bertz CT molecular complexity index is 1060. The van der Waals surface area contributed by atoms with Gasteiger partial charge in [-0.3, -0.25) is 9.62 Å². The molecule has 0 spiro atoms. The molecule has 0 amide bonds. The van der Waals surface area contributed by atoms with Crippen molar-refractivity contribution in [3.8, 4) is 0 Å². The average Bonchev–Trinajstić information content (AvgIpc) is 2.98. The molecule has 0 fully saturated rings. The first-order valence-corrected chi connectivity index (χ1v) is 10.3. The van der Waals surface area contributed by atoms with Crippen LogP contribution < -0.4 is 4.72 Å². The predicted molar refractivity (Wildman–Crippen MR) is 103 cm³/mol. The second-order valence-corrected chi connectivity index (χ2v) is 8.43. The Morgan fingerprint density at radius 3 is 2.65 bits per heavy atom. The van der Waals surface area contributed by atoms with E-state index >= 15 is 0 Å². The third kappa shape index (κ3) is 3.18. The van der Waals surface area contributed by atoms with Gasteiger partial charge in [0.1, 0.15) is 5.82 Å². The number of hydrogen-bond acceptors (Lipinski definition) is 4. The molecular formula is C18H19ClN4O2S. The summed E-state index contributed by atoms with van der Waals surface area (Å²) in [5, 5.41) is 0.495. The van der Waals surface area contributed by atoms with Crippen molar-refractivity contribution in [2.24, 2.45) is 0 Å². The van der Waals surface area contributed by atoms with Crippen LogP contribution in [-0.2, 0) is 23.1 Å². The van der Waals surface area contributed by atoms with Gasteiger partial charge in [0.25, 0.3) is 10.0 Å². The van der Waals surface area contributed by atoms with E-state index in [4.69, 9.17) is 16.6 Å². The third-order valence-corrected chi connectivity index (χ3v) is 6.30. The Hall–Kier alpha value is -2.09. The van der Waals surface area contributed by atoms with Gasteiger partial charge in [-0.25, -0.2) is 13.4 Å². The van der Waals surface area contributed by atoms with Crippen LogP contribution in [0.5, 0.6) is 0 Å². The van der Waals surface area contributed by atoms with Crippen molar-refractivity contribution in [1.29, 1.82) is 0 Å². The van der Waals surface area contributed by atoms with E-state index in [1.54, 1.807) is 24.3 Å². The minimum Gasteiger partial charge on any atom is -0.326 e. The van der Waals surface area contributed by atoms with Crippen LogP contribution in [0.3, 0.4) is 0 Å². The summed E-state index contributed by atoms with van der Waals surface area (Å²) in [4.78, 5) is 7.21. The van der Waals surface area contributed by atoms with Crippen LogP contribution in [0.2, 0.25) is 5.02 Å². The molecule has 1 N–H and O–H groups in total. The standard InChI is InChI=1S/C18H19ClN4O2S/c1-2-22-9-10-23-17-8-5-14(11-16(17)20-18(23)12-22)21-26(24,25)15-6-3-13(19)4-7-15/h3-8,11,21H,2,9-10,12H2,1H3. The molecule has 8 heteroatoms. The molecule has 4 rings (SSSR count). The average molecular weight is 391 g/mol. The van der Waals surface area contributed by atoms with Gasteiger partial charge in [-0.1, -0.05) is 18.5 Å². The number of benzene rings is 2. The molecule has 0 bridgehead atoms. The molecular weight excluding hydrogens is 372 g/mol. The lowest BCUT2D eigenvalue weighted by molar-refractivity contribution is 0.230. The van der Waals surface area contributed by atoms with E-state index in [0.717, 1.165) is 43.0 Å². The summed E-state index contributed by atoms with van der Waals surface area (Å²) in [6.07, 6.45) is 0. The van der Waals surface area contributed by atoms with Gasteiger partial charge in [-0.15, -0.1) is 0 Å².